The monoisotopic (exact) mass is 1230 g/mol. The first-order valence-electron chi connectivity index (χ1n) is 27.8. The molecule has 0 aliphatic carbocycles. The maximum absolute atomic E-state index is 14.3. The highest BCUT2D eigenvalue weighted by Gasteiger charge is 2.41. The number of carboxylic acids is 3. The fourth-order valence-corrected chi connectivity index (χ4v) is 9.11. The predicted molar refractivity (Wildman–Crippen MR) is 304 cm³/mol. The summed E-state index contributed by atoms with van der Waals surface area (Å²) in [5.74, 6) is -17.9. The number of nitrogens with zero attached hydrogens (tertiary/aromatic N) is 1. The molecule has 2 aromatic carbocycles. The molecule has 1 aliphatic rings. The molecule has 11 amide bonds. The third kappa shape index (κ3) is 24.7. The topological polar surface area (TPSA) is 544 Å². The van der Waals surface area contributed by atoms with E-state index in [1.54, 1.807) is 32.0 Å². The summed E-state index contributed by atoms with van der Waals surface area (Å²) in [4.78, 5) is 187. The molecule has 1 aliphatic heterocycles. The van der Waals surface area contributed by atoms with Gasteiger partial charge in [-0.05, 0) is 74.8 Å². The summed E-state index contributed by atoms with van der Waals surface area (Å²) in [7, 11) is 0. The number of nitrogens with one attached hydrogen (secondary N) is 8. The van der Waals surface area contributed by atoms with E-state index in [-0.39, 0.29) is 44.4 Å². The minimum absolute atomic E-state index is 0.00121. The maximum atomic E-state index is 14.3. The van der Waals surface area contributed by atoms with E-state index in [2.05, 4.69) is 31.9 Å². The number of benzene rings is 2. The molecule has 1 saturated heterocycles. The normalized spacial score (nSPS) is 16.3. The summed E-state index contributed by atoms with van der Waals surface area (Å²) in [5.41, 5.74) is 23.3. The lowest BCUT2D eigenvalue weighted by molar-refractivity contribution is -0.146. The zero-order valence-corrected chi connectivity index (χ0v) is 48.2. The molecule has 1 fully saturated rings. The Bertz CT molecular complexity index is 2790. The maximum Gasteiger partial charge on any atom is 0.328 e. The predicted octanol–water partition coefficient (Wildman–Crippen LogP) is -5.29. The molecule has 0 bridgehead atoms. The van der Waals surface area contributed by atoms with Gasteiger partial charge in [0.25, 0.3) is 0 Å². The molecule has 1 heterocycles. The van der Waals surface area contributed by atoms with Gasteiger partial charge < -0.3 is 95.9 Å². The van der Waals surface area contributed by atoms with Crippen LogP contribution in [0.4, 0.5) is 0 Å². The van der Waals surface area contributed by atoms with Crippen molar-refractivity contribution in [2.75, 3.05) is 13.1 Å². The number of aliphatic hydroxyl groups is 1. The number of phenolic OH excluding ortho intramolecular Hbond substituents is 1. The van der Waals surface area contributed by atoms with E-state index in [9.17, 15) is 92.7 Å². The summed E-state index contributed by atoms with van der Waals surface area (Å²) in [6.07, 6.45) is -4.96. The van der Waals surface area contributed by atoms with Gasteiger partial charge in [-0.3, -0.25) is 62.3 Å². The second-order valence-corrected chi connectivity index (χ2v) is 21.3. The number of likely N-dealkylation sites (tertiary alicyclic amines) is 1. The zero-order valence-electron chi connectivity index (χ0n) is 48.2. The highest BCUT2D eigenvalue weighted by atomic mass is 16.4. The van der Waals surface area contributed by atoms with Gasteiger partial charge >= 0.3 is 17.9 Å². The Morgan fingerprint density at radius 3 is 1.47 bits per heavy atom. The van der Waals surface area contributed by atoms with E-state index in [1.165, 1.54) is 41.3 Å². The third-order valence-electron chi connectivity index (χ3n) is 13.5. The molecule has 0 spiro atoms. The minimum Gasteiger partial charge on any atom is -0.508 e. The fourth-order valence-electron chi connectivity index (χ4n) is 9.11. The van der Waals surface area contributed by atoms with Crippen molar-refractivity contribution in [3.8, 4) is 5.75 Å². The number of aromatic hydroxyl groups is 1. The molecule has 32 heteroatoms. The summed E-state index contributed by atoms with van der Waals surface area (Å²) in [6, 6.07) is -3.45. The van der Waals surface area contributed by atoms with Crippen LogP contribution in [0.3, 0.4) is 0 Å². The van der Waals surface area contributed by atoms with Crippen LogP contribution in [0, 0.1) is 5.92 Å². The highest BCUT2D eigenvalue weighted by molar-refractivity contribution is 6.01. The number of hydrogen-bond donors (Lipinski definition) is 17. The van der Waals surface area contributed by atoms with Crippen molar-refractivity contribution >= 4 is 82.9 Å². The number of carbonyl (C=O) groups is 14. The van der Waals surface area contributed by atoms with Gasteiger partial charge in [-0.1, -0.05) is 62.7 Å². The van der Waals surface area contributed by atoms with Crippen molar-refractivity contribution < 1.29 is 92.7 Å². The van der Waals surface area contributed by atoms with Gasteiger partial charge in [-0.25, -0.2) is 4.79 Å². The van der Waals surface area contributed by atoms with Crippen molar-refractivity contribution in [2.45, 2.75) is 164 Å². The Hall–Kier alpha value is -9.30. The first-order valence-corrected chi connectivity index (χ1v) is 27.8. The van der Waals surface area contributed by atoms with Gasteiger partial charge in [0, 0.05) is 19.4 Å². The number of carbonyl (C=O) groups excluding carboxylic acids is 11. The number of primary amides is 2. The van der Waals surface area contributed by atoms with Gasteiger partial charge in [-0.2, -0.15) is 0 Å². The van der Waals surface area contributed by atoms with Gasteiger partial charge in [-0.15, -0.1) is 0 Å². The second-order valence-electron chi connectivity index (χ2n) is 21.3. The molecule has 0 radical (unpaired) electrons. The number of aliphatic carboxylic acids is 3. The summed E-state index contributed by atoms with van der Waals surface area (Å²) < 4.78 is 0. The number of nitrogens with two attached hydrogens (primary N) is 4. The number of hydrogen-bond acceptors (Lipinski definition) is 18. The Balaban J connectivity index is 1.91. The third-order valence-corrected chi connectivity index (χ3v) is 13.5. The number of unbranched alkanes of at least 4 members (excludes halogenated alkanes) is 1. The van der Waals surface area contributed by atoms with Crippen molar-refractivity contribution in [2.24, 2.45) is 28.9 Å². The average molecular weight is 1230 g/mol. The van der Waals surface area contributed by atoms with E-state index in [4.69, 9.17) is 22.9 Å². The van der Waals surface area contributed by atoms with E-state index in [0.717, 1.165) is 6.92 Å². The van der Waals surface area contributed by atoms with Crippen LogP contribution in [0.1, 0.15) is 96.1 Å². The molecule has 32 nitrogen and oxygen atoms in total. The molecule has 3 rings (SSSR count). The lowest BCUT2D eigenvalue weighted by Crippen LogP contribution is -2.61. The summed E-state index contributed by atoms with van der Waals surface area (Å²) in [5, 5.41) is 67.0. The van der Waals surface area contributed by atoms with Crippen LogP contribution in [-0.4, -0.2) is 193 Å². The molecule has 0 unspecified atom stereocenters. The van der Waals surface area contributed by atoms with E-state index in [0.29, 0.717) is 30.5 Å². The van der Waals surface area contributed by atoms with Crippen molar-refractivity contribution in [1.82, 2.24) is 47.4 Å². The van der Waals surface area contributed by atoms with Crippen LogP contribution in [0.5, 0.6) is 5.75 Å². The smallest absolute Gasteiger partial charge is 0.328 e. The molecule has 0 saturated carbocycles. The van der Waals surface area contributed by atoms with Crippen LogP contribution < -0.4 is 65.5 Å². The first kappa shape index (κ1) is 72.0. The molecular formula is C55H79N13O19. The minimum atomic E-state index is -2.10. The fraction of sp³-hybridized carbons (Fsp3) is 0.527. The summed E-state index contributed by atoms with van der Waals surface area (Å²) >= 11 is 0. The molecular weight excluding hydrogens is 1150 g/mol. The van der Waals surface area contributed by atoms with Gasteiger partial charge in [0.2, 0.25) is 65.0 Å². The van der Waals surface area contributed by atoms with Crippen molar-refractivity contribution in [1.29, 1.82) is 0 Å². The van der Waals surface area contributed by atoms with E-state index < -0.39 is 187 Å². The number of rotatable bonds is 37. The number of phenols is 1. The molecule has 11 atom stereocenters. The van der Waals surface area contributed by atoms with Crippen LogP contribution in [0.25, 0.3) is 0 Å². The molecule has 87 heavy (non-hydrogen) atoms. The first-order chi connectivity index (χ1) is 40.9. The lowest BCUT2D eigenvalue weighted by Gasteiger charge is -2.30. The molecule has 478 valence electrons. The van der Waals surface area contributed by atoms with Crippen LogP contribution in [-0.2, 0) is 80.0 Å². The molecule has 21 N–H and O–H groups in total. The largest absolute Gasteiger partial charge is 0.508 e. The van der Waals surface area contributed by atoms with Crippen LogP contribution in [0.2, 0.25) is 0 Å². The number of aliphatic hydroxyl groups excluding tert-OH is 1. The average Bonchev–Trinajstić information content (AvgIpc) is 2.67. The number of amides is 11. The van der Waals surface area contributed by atoms with Crippen molar-refractivity contribution in [3.63, 3.8) is 0 Å². The number of carboxylic acid groups (broad SMARTS) is 3. The van der Waals surface area contributed by atoms with Crippen LogP contribution in [0.15, 0.2) is 54.6 Å². The van der Waals surface area contributed by atoms with E-state index in [1.807, 2.05) is 10.6 Å². The van der Waals surface area contributed by atoms with Crippen LogP contribution >= 0.6 is 0 Å². The standard InChI is InChI=1S/C55H79N13O19/c1-27(2)20-33(60-51(82)38(26-44(75)76)65-53(84)40-13-9-19-68(40)54(85)39(22-30-14-16-31(70)17-15-30)66-46(77)32(57)12-7-8-18-56)47(78)62-35(23-41(58)71)49(80)61-34(21-29-10-5-4-6-11-29)48(79)64-37(25-43(73)74)50(81)63-36(24-42(59)72)52(83)67-45(28(3)69)55(86)87/h4-6,10-11,14-17,27-28,32-40,45,69-70H,7-9,12-13,18-26,56-57H2,1-3H3,(H2,58,71)(H2,59,72)(H,60,82)(H,61,80)(H,62,78)(H,63,81)(H,64,79)(H,65,84)(H,66,77)(H,67,83)(H,73,74)(H,75,76)(H,86,87)/t28-,32+,33+,34+,35+,36+,37+,38+,39+,40+,45+/m1/s1. The Kier molecular flexibility index (Phi) is 29.1. The lowest BCUT2D eigenvalue weighted by atomic mass is 10.0. The quantitative estimate of drug-likeness (QED) is 0.0281. The summed E-state index contributed by atoms with van der Waals surface area (Å²) in [6.45, 7) is 4.63. The van der Waals surface area contributed by atoms with Crippen molar-refractivity contribution in [3.05, 3.63) is 65.7 Å². The van der Waals surface area contributed by atoms with Gasteiger partial charge in [0.15, 0.2) is 6.04 Å². The Morgan fingerprint density at radius 2 is 0.989 bits per heavy atom. The molecule has 0 aromatic heterocycles. The Morgan fingerprint density at radius 1 is 0.552 bits per heavy atom. The second kappa shape index (κ2) is 35.2. The zero-order chi connectivity index (χ0) is 65.2. The SMILES string of the molecule is CC(C)C[C@H](NC(=O)[C@H](CC(=O)O)NC(=O)[C@@H]1CCCN1C(=O)[C@H](Cc1ccc(O)cc1)NC(=O)[C@@H](N)CCCCN)C(=O)N[C@@H](CC(N)=O)C(=O)N[C@@H](Cc1ccccc1)C(=O)N[C@@H](CC(=O)O)C(=O)N[C@@H](CC(N)=O)C(=O)N[C@H](C(=O)O)[C@@H](C)O. The Labute approximate surface area is 499 Å². The van der Waals surface area contributed by atoms with E-state index >= 15 is 0 Å². The molecule has 2 aromatic rings. The van der Waals surface area contributed by atoms with Gasteiger partial charge in [0.05, 0.1) is 37.8 Å². The van der Waals surface area contributed by atoms with Gasteiger partial charge in [0.1, 0.15) is 54.1 Å². The highest BCUT2D eigenvalue weighted by Crippen LogP contribution is 2.22.